The lowest BCUT2D eigenvalue weighted by Gasteiger charge is -2.53. The number of rotatable bonds is 0. The molecule has 6 heteroatoms. The highest BCUT2D eigenvalue weighted by molar-refractivity contribution is 6.16. The standard InChI is InChI=1S/C19H20O6/c1-9-7-10-5-6-18(24)17(23)14-11(3-2-4-12(14)20)16(22)19(18,25)15(10)13(21)8-9/h2-4,9,17,20,23-25H,5-8H2,1H3/t9-,17+,18-,19-/m1/s1. The maximum atomic E-state index is 13.1. The van der Waals surface area contributed by atoms with E-state index in [0.29, 0.717) is 18.4 Å². The fourth-order valence-corrected chi connectivity index (χ4v) is 4.75. The summed E-state index contributed by atoms with van der Waals surface area (Å²) >= 11 is 0. The van der Waals surface area contributed by atoms with E-state index in [0.717, 1.165) is 0 Å². The molecule has 0 saturated heterocycles. The summed E-state index contributed by atoms with van der Waals surface area (Å²) in [5.41, 5.74) is -4.28. The number of allylic oxidation sites excluding steroid dienone is 1. The zero-order chi connectivity index (χ0) is 18.1. The van der Waals surface area contributed by atoms with Crippen molar-refractivity contribution in [3.63, 3.8) is 0 Å². The summed E-state index contributed by atoms with van der Waals surface area (Å²) in [7, 11) is 0. The van der Waals surface area contributed by atoms with Crippen LogP contribution >= 0.6 is 0 Å². The number of aliphatic hydroxyl groups is 3. The lowest BCUT2D eigenvalue weighted by molar-refractivity contribution is -0.184. The van der Waals surface area contributed by atoms with Gasteiger partial charge in [0.05, 0.1) is 0 Å². The SMILES string of the molecule is C[C@H]1CC(=O)C2=C(CC[C@@]3(O)[C@@H](O)c4c(O)cccc4C(=O)[C@]23O)C1. The largest absolute Gasteiger partial charge is 0.508 e. The molecule has 0 amide bonds. The third kappa shape index (κ3) is 1.84. The molecule has 3 aliphatic carbocycles. The molecule has 0 fully saturated rings. The zero-order valence-electron chi connectivity index (χ0n) is 13.8. The number of carbonyl (C=O) groups is 2. The van der Waals surface area contributed by atoms with E-state index < -0.39 is 23.1 Å². The molecule has 0 heterocycles. The van der Waals surface area contributed by atoms with Crippen LogP contribution in [0.4, 0.5) is 0 Å². The van der Waals surface area contributed by atoms with Gasteiger partial charge in [-0.05, 0) is 31.2 Å². The van der Waals surface area contributed by atoms with Crippen molar-refractivity contribution in [3.8, 4) is 5.75 Å². The summed E-state index contributed by atoms with van der Waals surface area (Å²) < 4.78 is 0. The number of hydrogen-bond acceptors (Lipinski definition) is 6. The van der Waals surface area contributed by atoms with Crippen molar-refractivity contribution in [1.82, 2.24) is 0 Å². The van der Waals surface area contributed by atoms with E-state index in [1.807, 2.05) is 6.92 Å². The molecule has 0 saturated carbocycles. The van der Waals surface area contributed by atoms with Crippen LogP contribution in [-0.4, -0.2) is 43.2 Å². The fraction of sp³-hybridized carbons (Fsp3) is 0.474. The molecule has 4 rings (SSSR count). The van der Waals surface area contributed by atoms with Gasteiger partial charge in [0, 0.05) is 23.1 Å². The molecule has 1 aromatic rings. The Morgan fingerprint density at radius 1 is 1.16 bits per heavy atom. The molecule has 132 valence electrons. The number of ketones is 2. The predicted molar refractivity (Wildman–Crippen MR) is 87.0 cm³/mol. The predicted octanol–water partition coefficient (Wildman–Crippen LogP) is 1.17. The van der Waals surface area contributed by atoms with Crippen molar-refractivity contribution >= 4 is 11.6 Å². The van der Waals surface area contributed by atoms with Gasteiger partial charge in [0.2, 0.25) is 5.78 Å². The average molecular weight is 344 g/mol. The summed E-state index contributed by atoms with van der Waals surface area (Å²) in [6.45, 7) is 1.93. The Kier molecular flexibility index (Phi) is 3.29. The Morgan fingerprint density at radius 2 is 1.88 bits per heavy atom. The third-order valence-electron chi connectivity index (χ3n) is 5.94. The lowest BCUT2D eigenvalue weighted by Crippen LogP contribution is -2.68. The molecule has 0 aromatic heterocycles. The number of fused-ring (bicyclic) bond motifs is 3. The van der Waals surface area contributed by atoms with Crippen LogP contribution in [0.25, 0.3) is 0 Å². The number of aliphatic hydroxyl groups excluding tert-OH is 1. The number of aromatic hydroxyl groups is 1. The first-order chi connectivity index (χ1) is 11.7. The lowest BCUT2D eigenvalue weighted by atomic mass is 9.55. The Balaban J connectivity index is 2.01. The van der Waals surface area contributed by atoms with Crippen molar-refractivity contribution < 1.29 is 30.0 Å². The summed E-state index contributed by atoms with van der Waals surface area (Å²) in [6.07, 6.45) is -0.656. The van der Waals surface area contributed by atoms with E-state index >= 15 is 0 Å². The Labute approximate surface area is 144 Å². The smallest absolute Gasteiger partial charge is 0.202 e. The highest BCUT2D eigenvalue weighted by Gasteiger charge is 2.68. The highest BCUT2D eigenvalue weighted by atomic mass is 16.4. The third-order valence-corrected chi connectivity index (χ3v) is 5.94. The first-order valence-electron chi connectivity index (χ1n) is 8.47. The zero-order valence-corrected chi connectivity index (χ0v) is 13.8. The van der Waals surface area contributed by atoms with Crippen molar-refractivity contribution in [2.45, 2.75) is 49.9 Å². The van der Waals surface area contributed by atoms with Gasteiger partial charge < -0.3 is 20.4 Å². The fourth-order valence-electron chi connectivity index (χ4n) is 4.75. The van der Waals surface area contributed by atoms with Crippen LogP contribution in [0.1, 0.15) is 54.6 Å². The molecule has 4 N–H and O–H groups in total. The van der Waals surface area contributed by atoms with E-state index in [2.05, 4.69) is 0 Å². The minimum absolute atomic E-state index is 0.0580. The van der Waals surface area contributed by atoms with Gasteiger partial charge >= 0.3 is 0 Å². The number of phenolic OH excluding ortho intramolecular Hbond substituents is 1. The van der Waals surface area contributed by atoms with Gasteiger partial charge in [-0.2, -0.15) is 0 Å². The van der Waals surface area contributed by atoms with Gasteiger partial charge in [0.15, 0.2) is 11.4 Å². The molecule has 3 aliphatic rings. The van der Waals surface area contributed by atoms with Crippen LogP contribution in [0.3, 0.4) is 0 Å². The number of Topliss-reactive ketones (excluding diaryl/α,β-unsaturated/α-hetero) is 2. The number of phenols is 1. The second kappa shape index (κ2) is 5.00. The monoisotopic (exact) mass is 344 g/mol. The van der Waals surface area contributed by atoms with Crippen molar-refractivity contribution in [1.29, 1.82) is 0 Å². The molecule has 0 bridgehead atoms. The minimum Gasteiger partial charge on any atom is -0.508 e. The molecule has 0 spiro atoms. The summed E-state index contributed by atoms with van der Waals surface area (Å²) in [5, 5.41) is 43.3. The van der Waals surface area contributed by atoms with Gasteiger partial charge in [-0.3, -0.25) is 9.59 Å². The topological polar surface area (TPSA) is 115 Å². The molecule has 0 aliphatic heterocycles. The second-order valence-electron chi connectivity index (χ2n) is 7.52. The normalized spacial score (nSPS) is 37.4. The molecule has 0 radical (unpaired) electrons. The van der Waals surface area contributed by atoms with Crippen LogP contribution in [0.5, 0.6) is 5.75 Å². The molecule has 6 nitrogen and oxygen atoms in total. The van der Waals surface area contributed by atoms with E-state index in [-0.39, 0.29) is 47.0 Å². The molecule has 4 atom stereocenters. The van der Waals surface area contributed by atoms with Gasteiger partial charge in [-0.25, -0.2) is 0 Å². The van der Waals surface area contributed by atoms with Crippen molar-refractivity contribution in [2.24, 2.45) is 5.92 Å². The van der Waals surface area contributed by atoms with E-state index in [1.54, 1.807) is 0 Å². The van der Waals surface area contributed by atoms with Gasteiger partial charge in [-0.15, -0.1) is 0 Å². The molecular weight excluding hydrogens is 324 g/mol. The van der Waals surface area contributed by atoms with Crippen molar-refractivity contribution in [2.75, 3.05) is 0 Å². The van der Waals surface area contributed by atoms with E-state index in [9.17, 15) is 30.0 Å². The van der Waals surface area contributed by atoms with Crippen LogP contribution < -0.4 is 0 Å². The summed E-state index contributed by atoms with van der Waals surface area (Å²) in [6, 6.07) is 4.11. The summed E-state index contributed by atoms with van der Waals surface area (Å²) in [5.74, 6) is -1.42. The van der Waals surface area contributed by atoms with E-state index in [4.69, 9.17) is 0 Å². The minimum atomic E-state index is -2.49. The average Bonchev–Trinajstić information content (AvgIpc) is 2.55. The van der Waals surface area contributed by atoms with Crippen molar-refractivity contribution in [3.05, 3.63) is 40.5 Å². The summed E-state index contributed by atoms with van der Waals surface area (Å²) in [4.78, 5) is 25.8. The Hall–Kier alpha value is -2.02. The maximum Gasteiger partial charge on any atom is 0.202 e. The van der Waals surface area contributed by atoms with Gasteiger partial charge in [0.1, 0.15) is 17.5 Å². The molecule has 0 unspecified atom stereocenters. The van der Waals surface area contributed by atoms with Gasteiger partial charge in [0.25, 0.3) is 0 Å². The van der Waals surface area contributed by atoms with Gasteiger partial charge in [-0.1, -0.05) is 24.6 Å². The molecule has 25 heavy (non-hydrogen) atoms. The van der Waals surface area contributed by atoms with Crippen LogP contribution in [0, 0.1) is 5.92 Å². The van der Waals surface area contributed by atoms with E-state index in [1.165, 1.54) is 18.2 Å². The van der Waals surface area contributed by atoms with Crippen LogP contribution in [-0.2, 0) is 4.79 Å². The number of carbonyl (C=O) groups excluding carboxylic acids is 2. The van der Waals surface area contributed by atoms with Crippen LogP contribution in [0.15, 0.2) is 29.3 Å². The quantitative estimate of drug-likeness (QED) is 0.562. The first kappa shape index (κ1) is 16.4. The number of hydrogen-bond donors (Lipinski definition) is 4. The maximum absolute atomic E-state index is 13.1. The number of benzene rings is 1. The molecular formula is C19H20O6. The highest BCUT2D eigenvalue weighted by Crippen LogP contribution is 2.56. The Morgan fingerprint density at radius 3 is 2.60 bits per heavy atom. The second-order valence-corrected chi connectivity index (χ2v) is 7.52. The first-order valence-corrected chi connectivity index (χ1v) is 8.47. The van der Waals surface area contributed by atoms with Crippen LogP contribution in [0.2, 0.25) is 0 Å². The Bertz CT molecular complexity index is 840. The molecule has 1 aromatic carbocycles.